The van der Waals surface area contributed by atoms with Crippen molar-refractivity contribution in [3.8, 4) is 0 Å². The zero-order chi connectivity index (χ0) is 18.1. The van der Waals surface area contributed by atoms with Gasteiger partial charge in [0.1, 0.15) is 0 Å². The summed E-state index contributed by atoms with van der Waals surface area (Å²) in [7, 11) is -1.82. The smallest absolute Gasteiger partial charge is 0.238 e. The molecule has 0 aromatic heterocycles. The fourth-order valence-electron chi connectivity index (χ4n) is 2.25. The fourth-order valence-corrected chi connectivity index (χ4v) is 3.61. The molecule has 0 fully saturated rings. The molecule has 0 aliphatic rings. The molecule has 134 valence electrons. The number of hydrogen-bond acceptors (Lipinski definition) is 5. The minimum absolute atomic E-state index is 0.118. The van der Waals surface area contributed by atoms with Crippen molar-refractivity contribution in [3.63, 3.8) is 0 Å². The molecule has 25 heavy (non-hydrogen) atoms. The predicted molar refractivity (Wildman–Crippen MR) is 97.1 cm³/mol. The molecule has 1 amide bonds. The summed E-state index contributed by atoms with van der Waals surface area (Å²) in [6.07, 6.45) is 0. The second kappa shape index (κ2) is 9.31. The van der Waals surface area contributed by atoms with Crippen molar-refractivity contribution in [1.29, 1.82) is 0 Å². The molecule has 0 heterocycles. The van der Waals surface area contributed by atoms with Gasteiger partial charge in [0.05, 0.1) is 23.8 Å². The Labute approximate surface area is 148 Å². The van der Waals surface area contributed by atoms with Crippen LogP contribution < -0.4 is 10.6 Å². The van der Waals surface area contributed by atoms with Crippen LogP contribution in [-0.4, -0.2) is 41.1 Å². The Balaban J connectivity index is 1.98. The average Bonchev–Trinajstić information content (AvgIpc) is 2.59. The first-order valence-electron chi connectivity index (χ1n) is 7.87. The maximum absolute atomic E-state index is 12.4. The Morgan fingerprint density at radius 2 is 1.84 bits per heavy atom. The molecule has 6 nitrogen and oxygen atoms in total. The number of methoxy groups -OCH3 is 1. The van der Waals surface area contributed by atoms with Gasteiger partial charge in [-0.3, -0.25) is 4.79 Å². The molecule has 2 rings (SSSR count). The Bertz CT molecular complexity index is 792. The first-order chi connectivity index (χ1) is 12.0. The summed E-state index contributed by atoms with van der Waals surface area (Å²) < 4.78 is 29.7. The van der Waals surface area contributed by atoms with E-state index < -0.39 is 9.84 Å². The average molecular weight is 362 g/mol. The van der Waals surface area contributed by atoms with Crippen LogP contribution in [0.25, 0.3) is 0 Å². The fraction of sp³-hybridized carbons (Fsp3) is 0.278. The van der Waals surface area contributed by atoms with E-state index in [4.69, 9.17) is 4.74 Å². The lowest BCUT2D eigenvalue weighted by Crippen LogP contribution is -2.30. The van der Waals surface area contributed by atoms with Crippen LogP contribution in [0.4, 0.5) is 5.69 Å². The maximum Gasteiger partial charge on any atom is 0.238 e. The van der Waals surface area contributed by atoms with E-state index >= 15 is 0 Å². The summed E-state index contributed by atoms with van der Waals surface area (Å²) in [6, 6.07) is 15.2. The second-order valence-electron chi connectivity index (χ2n) is 5.49. The minimum Gasteiger partial charge on any atom is -0.383 e. The summed E-state index contributed by atoms with van der Waals surface area (Å²) in [6.45, 7) is 1.27. The molecule has 0 spiro atoms. The van der Waals surface area contributed by atoms with E-state index in [0.29, 0.717) is 24.4 Å². The summed E-state index contributed by atoms with van der Waals surface area (Å²) in [4.78, 5) is 12.1. The summed E-state index contributed by atoms with van der Waals surface area (Å²) in [5.74, 6) is -0.313. The highest BCUT2D eigenvalue weighted by molar-refractivity contribution is 7.90. The summed E-state index contributed by atoms with van der Waals surface area (Å²) in [5.41, 5.74) is 1.19. The van der Waals surface area contributed by atoms with Crippen molar-refractivity contribution in [2.24, 2.45) is 0 Å². The van der Waals surface area contributed by atoms with Gasteiger partial charge in [0, 0.05) is 19.3 Å². The molecule has 0 unspecified atom stereocenters. The first-order valence-corrected chi connectivity index (χ1v) is 9.53. The van der Waals surface area contributed by atoms with Crippen molar-refractivity contribution < 1.29 is 17.9 Å². The van der Waals surface area contributed by atoms with Gasteiger partial charge in [-0.15, -0.1) is 0 Å². The van der Waals surface area contributed by atoms with Crippen molar-refractivity contribution in [3.05, 3.63) is 60.2 Å². The van der Waals surface area contributed by atoms with Crippen LogP contribution in [-0.2, 0) is 25.1 Å². The monoisotopic (exact) mass is 362 g/mol. The van der Waals surface area contributed by atoms with Gasteiger partial charge in [0.25, 0.3) is 0 Å². The van der Waals surface area contributed by atoms with Gasteiger partial charge in [-0.1, -0.05) is 30.3 Å². The lowest BCUT2D eigenvalue weighted by molar-refractivity contribution is -0.115. The largest absolute Gasteiger partial charge is 0.383 e. The third-order valence-electron chi connectivity index (χ3n) is 3.44. The van der Waals surface area contributed by atoms with Gasteiger partial charge >= 0.3 is 0 Å². The maximum atomic E-state index is 12.4. The van der Waals surface area contributed by atoms with E-state index in [9.17, 15) is 13.2 Å². The third-order valence-corrected chi connectivity index (χ3v) is 5.14. The van der Waals surface area contributed by atoms with Crippen molar-refractivity contribution in [1.82, 2.24) is 5.32 Å². The number of ether oxygens (including phenoxy) is 1. The quantitative estimate of drug-likeness (QED) is 0.665. The normalized spacial score (nSPS) is 11.2. The molecule has 0 bridgehead atoms. The van der Waals surface area contributed by atoms with Crippen molar-refractivity contribution in [2.45, 2.75) is 10.6 Å². The molecule has 2 aromatic carbocycles. The number of nitrogens with one attached hydrogen (secondary N) is 2. The molecule has 0 atom stereocenters. The van der Waals surface area contributed by atoms with Gasteiger partial charge in [-0.25, -0.2) is 8.42 Å². The zero-order valence-electron chi connectivity index (χ0n) is 14.1. The van der Waals surface area contributed by atoms with Crippen LogP contribution in [0.1, 0.15) is 5.56 Å². The van der Waals surface area contributed by atoms with Gasteiger partial charge in [0.2, 0.25) is 5.91 Å². The van der Waals surface area contributed by atoms with Crippen LogP contribution in [0.15, 0.2) is 59.5 Å². The standard InChI is InChI=1S/C18H22N2O4S/c1-24-11-10-19-13-18(21)20-16-7-5-6-15(12-16)14-25(22,23)17-8-3-2-4-9-17/h2-9,12,19H,10-11,13-14H2,1H3,(H,20,21). The Kier molecular flexibility index (Phi) is 7.12. The number of amides is 1. The topological polar surface area (TPSA) is 84.5 Å². The van der Waals surface area contributed by atoms with Crippen molar-refractivity contribution >= 4 is 21.4 Å². The Morgan fingerprint density at radius 1 is 1.08 bits per heavy atom. The molecule has 0 saturated carbocycles. The lowest BCUT2D eigenvalue weighted by atomic mass is 10.2. The number of carbonyl (C=O) groups excluding carboxylic acids is 1. The van der Waals surface area contributed by atoms with Gasteiger partial charge < -0.3 is 15.4 Å². The highest BCUT2D eigenvalue weighted by Crippen LogP contribution is 2.18. The summed E-state index contributed by atoms with van der Waals surface area (Å²) >= 11 is 0. The Hall–Kier alpha value is -2.22. The predicted octanol–water partition coefficient (Wildman–Crippen LogP) is 1.83. The molecular formula is C18H22N2O4S. The van der Waals surface area contributed by atoms with Gasteiger partial charge in [-0.2, -0.15) is 0 Å². The van der Waals surface area contributed by atoms with E-state index in [1.807, 2.05) is 0 Å². The molecule has 7 heteroatoms. The van der Waals surface area contributed by atoms with Crippen molar-refractivity contribution in [2.75, 3.05) is 32.1 Å². The molecule has 0 radical (unpaired) electrons. The number of carbonyl (C=O) groups is 1. The molecule has 2 N–H and O–H groups in total. The van der Waals surface area contributed by atoms with E-state index in [1.165, 1.54) is 0 Å². The van der Waals surface area contributed by atoms with E-state index in [1.54, 1.807) is 61.7 Å². The lowest BCUT2D eigenvalue weighted by Gasteiger charge is -2.09. The molecule has 0 saturated heterocycles. The minimum atomic E-state index is -3.42. The zero-order valence-corrected chi connectivity index (χ0v) is 14.9. The van der Waals surface area contributed by atoms with Crippen LogP contribution in [0, 0.1) is 0 Å². The SMILES string of the molecule is COCCNCC(=O)Nc1cccc(CS(=O)(=O)c2ccccc2)c1. The number of anilines is 1. The first kappa shape index (κ1) is 19.1. The number of sulfone groups is 1. The van der Waals surface area contributed by atoms with E-state index in [-0.39, 0.29) is 23.1 Å². The number of rotatable bonds is 9. The van der Waals surface area contributed by atoms with E-state index in [0.717, 1.165) is 0 Å². The molecular weight excluding hydrogens is 340 g/mol. The summed E-state index contributed by atoms with van der Waals surface area (Å²) in [5, 5.41) is 5.70. The highest BCUT2D eigenvalue weighted by atomic mass is 32.2. The molecule has 2 aromatic rings. The van der Waals surface area contributed by atoms with Crippen LogP contribution in [0.5, 0.6) is 0 Å². The second-order valence-corrected chi connectivity index (χ2v) is 7.48. The van der Waals surface area contributed by atoms with Gasteiger partial charge in [0.15, 0.2) is 9.84 Å². The number of benzene rings is 2. The molecule has 0 aliphatic heterocycles. The third kappa shape index (κ3) is 6.30. The number of hydrogen-bond donors (Lipinski definition) is 2. The van der Waals surface area contributed by atoms with Crippen LogP contribution in [0.3, 0.4) is 0 Å². The van der Waals surface area contributed by atoms with Crippen LogP contribution in [0.2, 0.25) is 0 Å². The Morgan fingerprint density at radius 3 is 2.56 bits per heavy atom. The van der Waals surface area contributed by atoms with E-state index in [2.05, 4.69) is 10.6 Å². The van der Waals surface area contributed by atoms with Crippen LogP contribution >= 0.6 is 0 Å². The van der Waals surface area contributed by atoms with Gasteiger partial charge in [-0.05, 0) is 29.8 Å². The molecule has 0 aliphatic carbocycles. The highest BCUT2D eigenvalue weighted by Gasteiger charge is 2.15.